The Morgan fingerprint density at radius 3 is 2.86 bits per heavy atom. The van der Waals surface area contributed by atoms with Gasteiger partial charge in [0.25, 0.3) is 0 Å². The first kappa shape index (κ1) is 10.0. The first-order chi connectivity index (χ1) is 6.63. The Morgan fingerprint density at radius 2 is 2.29 bits per heavy atom. The molecule has 0 amide bonds. The van der Waals surface area contributed by atoms with Crippen molar-refractivity contribution in [2.24, 2.45) is 0 Å². The highest BCUT2D eigenvalue weighted by atomic mass is 16.3. The van der Waals surface area contributed by atoms with E-state index in [1.165, 1.54) is 13.0 Å². The average Bonchev–Trinajstić information content (AvgIpc) is 2.17. The minimum absolute atomic E-state index is 0.108. The molecule has 70 valence electrons. The summed E-state index contributed by atoms with van der Waals surface area (Å²) in [5.74, 6) is -0.335. The van der Waals surface area contributed by atoms with Crippen molar-refractivity contribution >= 4 is 17.2 Å². The third kappa shape index (κ3) is 2.46. The maximum Gasteiger partial charge on any atom is 0.187 e. The second-order valence-corrected chi connectivity index (χ2v) is 2.80. The Bertz CT molecular complexity index is 427. The molecule has 1 N–H and O–H groups in total. The highest BCUT2D eigenvalue weighted by molar-refractivity contribution is 5.93. The van der Waals surface area contributed by atoms with Gasteiger partial charge in [-0.2, -0.15) is 0 Å². The summed E-state index contributed by atoms with van der Waals surface area (Å²) >= 11 is 0. The predicted octanol–water partition coefficient (Wildman–Crippen LogP) is 2.73. The standard InChI is InChI=1S/C11H9NO2/c1-8(13)6-11(14)9-4-3-5-10(7-9)12-2/h3-7,14H,1H3. The first-order valence-corrected chi connectivity index (χ1v) is 4.02. The second-order valence-electron chi connectivity index (χ2n) is 2.80. The van der Waals surface area contributed by atoms with Crippen LogP contribution < -0.4 is 0 Å². The van der Waals surface area contributed by atoms with E-state index in [2.05, 4.69) is 4.85 Å². The van der Waals surface area contributed by atoms with Crippen LogP contribution >= 0.6 is 0 Å². The topological polar surface area (TPSA) is 41.7 Å². The quantitative estimate of drug-likeness (QED) is 0.439. The number of hydrogen-bond acceptors (Lipinski definition) is 2. The molecule has 0 aliphatic heterocycles. The van der Waals surface area contributed by atoms with Gasteiger partial charge in [0.15, 0.2) is 11.5 Å². The lowest BCUT2D eigenvalue weighted by molar-refractivity contribution is -0.112. The number of carbonyl (C=O) groups excluding carboxylic acids is 1. The van der Waals surface area contributed by atoms with Crippen LogP contribution in [0.2, 0.25) is 0 Å². The molecule has 0 aliphatic carbocycles. The van der Waals surface area contributed by atoms with E-state index in [0.29, 0.717) is 11.3 Å². The van der Waals surface area contributed by atoms with E-state index in [4.69, 9.17) is 6.57 Å². The van der Waals surface area contributed by atoms with Gasteiger partial charge in [0.1, 0.15) is 5.76 Å². The lowest BCUT2D eigenvalue weighted by atomic mass is 10.1. The van der Waals surface area contributed by atoms with Crippen molar-refractivity contribution < 1.29 is 9.90 Å². The summed E-state index contributed by atoms with van der Waals surface area (Å²) in [7, 11) is 0. The van der Waals surface area contributed by atoms with E-state index in [0.717, 1.165) is 6.08 Å². The monoisotopic (exact) mass is 187 g/mol. The molecule has 0 saturated carbocycles. The van der Waals surface area contributed by atoms with Crippen LogP contribution in [0.5, 0.6) is 0 Å². The number of carbonyl (C=O) groups is 1. The molecule has 0 spiro atoms. The van der Waals surface area contributed by atoms with E-state index in [9.17, 15) is 9.90 Å². The third-order valence-electron chi connectivity index (χ3n) is 1.61. The highest BCUT2D eigenvalue weighted by Crippen LogP contribution is 2.18. The number of aliphatic hydroxyl groups excluding tert-OH is 1. The van der Waals surface area contributed by atoms with Gasteiger partial charge in [0, 0.05) is 11.6 Å². The largest absolute Gasteiger partial charge is 0.507 e. The Hall–Kier alpha value is -2.08. The van der Waals surface area contributed by atoms with Crippen molar-refractivity contribution in [3.05, 3.63) is 47.3 Å². The van der Waals surface area contributed by atoms with Crippen LogP contribution in [0.1, 0.15) is 12.5 Å². The normalized spacial score (nSPS) is 10.7. The molecule has 0 heterocycles. The van der Waals surface area contributed by atoms with Gasteiger partial charge in [-0.1, -0.05) is 18.2 Å². The summed E-state index contributed by atoms with van der Waals surface area (Å²) < 4.78 is 0. The molecule has 1 rings (SSSR count). The third-order valence-corrected chi connectivity index (χ3v) is 1.61. The number of aliphatic hydroxyl groups is 1. The zero-order chi connectivity index (χ0) is 10.6. The van der Waals surface area contributed by atoms with Gasteiger partial charge >= 0.3 is 0 Å². The average molecular weight is 187 g/mol. The summed E-state index contributed by atoms with van der Waals surface area (Å²) in [6, 6.07) is 6.47. The second kappa shape index (κ2) is 4.24. The van der Waals surface area contributed by atoms with Crippen molar-refractivity contribution in [3.63, 3.8) is 0 Å². The molecule has 3 heteroatoms. The van der Waals surface area contributed by atoms with Gasteiger partial charge in [-0.25, -0.2) is 4.85 Å². The maximum absolute atomic E-state index is 10.7. The van der Waals surface area contributed by atoms with Crippen molar-refractivity contribution in [1.82, 2.24) is 0 Å². The zero-order valence-electron chi connectivity index (χ0n) is 7.69. The smallest absolute Gasteiger partial charge is 0.187 e. The van der Waals surface area contributed by atoms with Gasteiger partial charge < -0.3 is 5.11 Å². The van der Waals surface area contributed by atoms with E-state index >= 15 is 0 Å². The molecule has 0 radical (unpaired) electrons. The zero-order valence-corrected chi connectivity index (χ0v) is 7.69. The molecular formula is C11H9NO2. The van der Waals surface area contributed by atoms with Crippen molar-refractivity contribution in [2.75, 3.05) is 0 Å². The van der Waals surface area contributed by atoms with Gasteiger partial charge in [0.05, 0.1) is 6.57 Å². The first-order valence-electron chi connectivity index (χ1n) is 4.02. The van der Waals surface area contributed by atoms with Crippen molar-refractivity contribution in [3.8, 4) is 0 Å². The summed E-state index contributed by atoms with van der Waals surface area (Å²) in [6.07, 6.45) is 1.13. The van der Waals surface area contributed by atoms with Crippen LogP contribution in [0.15, 0.2) is 30.3 Å². The number of hydrogen-bond donors (Lipinski definition) is 1. The molecule has 1 aromatic carbocycles. The number of allylic oxidation sites excluding steroid dienone is 1. The molecule has 0 aliphatic rings. The number of ketones is 1. The van der Waals surface area contributed by atoms with Crippen LogP contribution in [-0.2, 0) is 4.79 Å². The van der Waals surface area contributed by atoms with Crippen LogP contribution in [-0.4, -0.2) is 10.9 Å². The number of benzene rings is 1. The number of rotatable bonds is 2. The summed E-state index contributed by atoms with van der Waals surface area (Å²) in [4.78, 5) is 13.9. The predicted molar refractivity (Wildman–Crippen MR) is 54.0 cm³/mol. The summed E-state index contributed by atoms with van der Waals surface area (Å²) in [6.45, 7) is 8.14. The molecule has 3 nitrogen and oxygen atoms in total. The molecule has 0 saturated heterocycles. The Labute approximate surface area is 82.1 Å². The molecule has 0 aromatic heterocycles. The molecule has 0 atom stereocenters. The van der Waals surface area contributed by atoms with E-state index in [1.807, 2.05) is 0 Å². The maximum atomic E-state index is 10.7. The number of nitrogens with zero attached hydrogens (tertiary/aromatic N) is 1. The van der Waals surface area contributed by atoms with Gasteiger partial charge in [-0.15, -0.1) is 0 Å². The highest BCUT2D eigenvalue weighted by Gasteiger charge is 2.00. The van der Waals surface area contributed by atoms with Gasteiger partial charge in [-0.3, -0.25) is 4.79 Å². The van der Waals surface area contributed by atoms with Crippen LogP contribution in [0.25, 0.3) is 10.6 Å². The van der Waals surface area contributed by atoms with Gasteiger partial charge in [0.2, 0.25) is 0 Å². The Balaban J connectivity index is 3.09. The van der Waals surface area contributed by atoms with Crippen LogP contribution in [0.3, 0.4) is 0 Å². The van der Waals surface area contributed by atoms with Crippen LogP contribution in [0, 0.1) is 6.57 Å². The fourth-order valence-electron chi connectivity index (χ4n) is 1.01. The van der Waals surface area contributed by atoms with Gasteiger partial charge in [-0.05, 0) is 13.0 Å². The molecule has 0 unspecified atom stereocenters. The molecule has 0 fully saturated rings. The molecule has 1 aromatic rings. The van der Waals surface area contributed by atoms with Crippen molar-refractivity contribution in [2.45, 2.75) is 6.92 Å². The fraction of sp³-hybridized carbons (Fsp3) is 0.0909. The van der Waals surface area contributed by atoms with Crippen LogP contribution in [0.4, 0.5) is 5.69 Å². The Morgan fingerprint density at radius 1 is 1.57 bits per heavy atom. The lowest BCUT2D eigenvalue weighted by Gasteiger charge is -1.99. The summed E-state index contributed by atoms with van der Waals surface area (Å²) in [5.41, 5.74) is 0.916. The van der Waals surface area contributed by atoms with E-state index in [-0.39, 0.29) is 11.5 Å². The lowest BCUT2D eigenvalue weighted by Crippen LogP contribution is -1.87. The molecule has 14 heavy (non-hydrogen) atoms. The van der Waals surface area contributed by atoms with E-state index in [1.54, 1.807) is 18.2 Å². The summed E-state index contributed by atoms with van der Waals surface area (Å²) in [5, 5.41) is 9.45. The SMILES string of the molecule is [C-]#[N+]c1cccc(C(O)=CC(C)=O)c1. The minimum Gasteiger partial charge on any atom is -0.507 e. The Kier molecular flexibility index (Phi) is 3.03. The minimum atomic E-state index is -0.226. The fourth-order valence-corrected chi connectivity index (χ4v) is 1.01. The van der Waals surface area contributed by atoms with E-state index < -0.39 is 0 Å². The molecular weight excluding hydrogens is 178 g/mol. The van der Waals surface area contributed by atoms with Crippen molar-refractivity contribution in [1.29, 1.82) is 0 Å². The molecule has 0 bridgehead atoms.